The molecule has 10 heteroatoms. The molecule has 8 nitrogen and oxygen atoms in total. The van der Waals surface area contributed by atoms with Gasteiger partial charge in [0.15, 0.2) is 0 Å². The van der Waals surface area contributed by atoms with Gasteiger partial charge in [-0.15, -0.1) is 5.10 Å². The Morgan fingerprint density at radius 2 is 2.00 bits per heavy atom. The summed E-state index contributed by atoms with van der Waals surface area (Å²) in [7, 11) is -2.12. The Hall–Kier alpha value is -2.39. The first-order chi connectivity index (χ1) is 11.8. The molecule has 0 spiro atoms. The highest BCUT2D eigenvalue weighted by Gasteiger charge is 2.25. The monoisotopic (exact) mass is 380 g/mol. The van der Waals surface area contributed by atoms with E-state index in [0.717, 1.165) is 5.56 Å². The molecule has 0 radical (unpaired) electrons. The lowest BCUT2D eigenvalue weighted by atomic mass is 10.2. The molecule has 3 rings (SSSR count). The van der Waals surface area contributed by atoms with E-state index in [1.54, 1.807) is 27.0 Å². The number of halogens is 1. The van der Waals surface area contributed by atoms with Crippen molar-refractivity contribution in [3.8, 4) is 0 Å². The molecular formula is C15H17ClN6O2S. The van der Waals surface area contributed by atoms with E-state index in [2.05, 4.69) is 19.9 Å². The zero-order valence-electron chi connectivity index (χ0n) is 13.9. The third-order valence-electron chi connectivity index (χ3n) is 3.71. The number of hydrogen-bond donors (Lipinski definition) is 1. The number of sulfonamides is 1. The van der Waals surface area contributed by atoms with Crippen LogP contribution in [0.3, 0.4) is 0 Å². The second kappa shape index (κ2) is 6.49. The summed E-state index contributed by atoms with van der Waals surface area (Å²) in [4.78, 5) is 4.15. The molecule has 1 N–H and O–H groups in total. The number of aromatic nitrogens is 5. The summed E-state index contributed by atoms with van der Waals surface area (Å²) in [6.07, 6.45) is 1.46. The van der Waals surface area contributed by atoms with Crippen molar-refractivity contribution in [2.24, 2.45) is 7.05 Å². The number of nitrogens with zero attached hydrogens (tertiary/aromatic N) is 5. The molecule has 0 atom stereocenters. The topological polar surface area (TPSA) is 94.7 Å². The highest BCUT2D eigenvalue weighted by atomic mass is 35.5. The Morgan fingerprint density at radius 3 is 2.64 bits per heavy atom. The lowest BCUT2D eigenvalue weighted by Gasteiger charge is -2.05. The van der Waals surface area contributed by atoms with Crippen LogP contribution < -0.4 is 4.72 Å². The quantitative estimate of drug-likeness (QED) is 0.731. The second-order valence-electron chi connectivity index (χ2n) is 5.62. The van der Waals surface area contributed by atoms with Crippen molar-refractivity contribution in [1.29, 1.82) is 0 Å². The molecule has 25 heavy (non-hydrogen) atoms. The summed E-state index contributed by atoms with van der Waals surface area (Å²) >= 11 is 5.96. The third kappa shape index (κ3) is 3.67. The second-order valence-corrected chi connectivity index (χ2v) is 7.68. The molecule has 0 aliphatic heterocycles. The summed E-state index contributed by atoms with van der Waals surface area (Å²) in [6.45, 7) is 3.77. The molecule has 1 aromatic carbocycles. The van der Waals surface area contributed by atoms with Gasteiger partial charge in [0.2, 0.25) is 0 Å². The van der Waals surface area contributed by atoms with Crippen molar-refractivity contribution in [1.82, 2.24) is 24.5 Å². The first kappa shape index (κ1) is 17.4. The largest absolute Gasteiger partial charge is 0.271 e. The van der Waals surface area contributed by atoms with Gasteiger partial charge in [0, 0.05) is 12.1 Å². The van der Waals surface area contributed by atoms with Crippen molar-refractivity contribution in [2.75, 3.05) is 4.72 Å². The smallest absolute Gasteiger partial charge is 0.267 e. The maximum Gasteiger partial charge on any atom is 0.267 e. The van der Waals surface area contributed by atoms with Crippen LogP contribution in [0.2, 0.25) is 5.02 Å². The number of hydrogen-bond acceptors (Lipinski definition) is 5. The standard InChI is InChI=1S/C15H17ClN6O2S/c1-10-14(11(2)21(3)18-10)25(23,24)20-15-17-9-22(19-15)8-12-5-4-6-13(16)7-12/h4-7,9H,8H2,1-3H3,(H,19,20). The lowest BCUT2D eigenvalue weighted by Crippen LogP contribution is -2.16. The van der Waals surface area contributed by atoms with E-state index in [1.165, 1.54) is 15.7 Å². The molecule has 0 bridgehead atoms. The summed E-state index contributed by atoms with van der Waals surface area (Å²) in [5, 5.41) is 8.91. The number of benzene rings is 1. The van der Waals surface area contributed by atoms with Gasteiger partial charge in [0.05, 0.1) is 17.9 Å². The van der Waals surface area contributed by atoms with E-state index in [4.69, 9.17) is 11.6 Å². The number of rotatable bonds is 5. The molecule has 2 aromatic heterocycles. The Balaban J connectivity index is 1.81. The average Bonchev–Trinajstić information content (AvgIpc) is 3.03. The maximum atomic E-state index is 12.6. The molecular weight excluding hydrogens is 364 g/mol. The van der Waals surface area contributed by atoms with Crippen LogP contribution in [0.1, 0.15) is 17.0 Å². The van der Waals surface area contributed by atoms with Crippen LogP contribution in [0.5, 0.6) is 0 Å². The van der Waals surface area contributed by atoms with Crippen LogP contribution in [-0.2, 0) is 23.6 Å². The van der Waals surface area contributed by atoms with Crippen molar-refractivity contribution < 1.29 is 8.42 Å². The lowest BCUT2D eigenvalue weighted by molar-refractivity contribution is 0.599. The maximum absolute atomic E-state index is 12.6. The molecule has 0 saturated carbocycles. The van der Waals surface area contributed by atoms with Gasteiger partial charge in [-0.1, -0.05) is 23.7 Å². The fraction of sp³-hybridized carbons (Fsp3) is 0.267. The SMILES string of the molecule is Cc1nn(C)c(C)c1S(=O)(=O)Nc1ncn(Cc2cccc(Cl)c2)n1. The van der Waals surface area contributed by atoms with Gasteiger partial charge in [-0.2, -0.15) is 10.1 Å². The minimum Gasteiger partial charge on any atom is -0.271 e. The average molecular weight is 381 g/mol. The Kier molecular flexibility index (Phi) is 4.53. The summed E-state index contributed by atoms with van der Waals surface area (Å²) < 4.78 is 30.6. The molecule has 0 aliphatic rings. The van der Waals surface area contributed by atoms with Crippen LogP contribution in [0, 0.1) is 13.8 Å². The number of nitrogens with one attached hydrogen (secondary N) is 1. The number of anilines is 1. The van der Waals surface area contributed by atoms with Crippen molar-refractivity contribution in [3.05, 3.63) is 52.6 Å². The summed E-state index contributed by atoms with van der Waals surface area (Å²) in [5.74, 6) is 0.00433. The van der Waals surface area contributed by atoms with E-state index < -0.39 is 10.0 Å². The van der Waals surface area contributed by atoms with E-state index in [1.807, 2.05) is 18.2 Å². The summed E-state index contributed by atoms with van der Waals surface area (Å²) in [5.41, 5.74) is 1.90. The van der Waals surface area contributed by atoms with Gasteiger partial charge in [-0.3, -0.25) is 4.68 Å². The van der Waals surface area contributed by atoms with Crippen LogP contribution in [0.4, 0.5) is 5.95 Å². The van der Waals surface area contributed by atoms with Crippen molar-refractivity contribution in [2.45, 2.75) is 25.3 Å². The highest BCUT2D eigenvalue weighted by Crippen LogP contribution is 2.20. The molecule has 2 heterocycles. The van der Waals surface area contributed by atoms with E-state index >= 15 is 0 Å². The molecule has 0 saturated heterocycles. The normalized spacial score (nSPS) is 11.7. The minimum absolute atomic E-state index is 0.00433. The molecule has 0 amide bonds. The molecule has 0 unspecified atom stereocenters. The Bertz CT molecular complexity index is 1020. The minimum atomic E-state index is -3.81. The van der Waals surface area contributed by atoms with Crippen molar-refractivity contribution >= 4 is 27.6 Å². The Morgan fingerprint density at radius 1 is 1.24 bits per heavy atom. The zero-order chi connectivity index (χ0) is 18.2. The van der Waals surface area contributed by atoms with E-state index in [0.29, 0.717) is 23.0 Å². The zero-order valence-corrected chi connectivity index (χ0v) is 15.5. The highest BCUT2D eigenvalue weighted by molar-refractivity contribution is 7.92. The van der Waals surface area contributed by atoms with Crippen LogP contribution in [-0.4, -0.2) is 33.0 Å². The van der Waals surface area contributed by atoms with Gasteiger partial charge in [-0.05, 0) is 31.5 Å². The fourth-order valence-corrected chi connectivity index (χ4v) is 4.15. The van der Waals surface area contributed by atoms with Gasteiger partial charge >= 0.3 is 0 Å². The molecule has 132 valence electrons. The summed E-state index contributed by atoms with van der Waals surface area (Å²) in [6, 6.07) is 7.34. The van der Waals surface area contributed by atoms with Crippen LogP contribution in [0.15, 0.2) is 35.5 Å². The molecule has 3 aromatic rings. The molecule has 0 aliphatic carbocycles. The van der Waals surface area contributed by atoms with Crippen LogP contribution >= 0.6 is 11.6 Å². The van der Waals surface area contributed by atoms with Gasteiger partial charge in [0.25, 0.3) is 16.0 Å². The molecule has 0 fully saturated rings. The third-order valence-corrected chi connectivity index (χ3v) is 5.52. The fourth-order valence-electron chi connectivity index (χ4n) is 2.55. The van der Waals surface area contributed by atoms with E-state index in [9.17, 15) is 8.42 Å². The number of aryl methyl sites for hydroxylation is 2. The van der Waals surface area contributed by atoms with Crippen LogP contribution in [0.25, 0.3) is 0 Å². The van der Waals surface area contributed by atoms with Crippen molar-refractivity contribution in [3.63, 3.8) is 0 Å². The van der Waals surface area contributed by atoms with Gasteiger partial charge < -0.3 is 0 Å². The predicted octanol–water partition coefficient (Wildman–Crippen LogP) is 2.13. The van der Waals surface area contributed by atoms with Gasteiger partial charge in [-0.25, -0.2) is 17.8 Å². The van der Waals surface area contributed by atoms with E-state index in [-0.39, 0.29) is 10.8 Å². The first-order valence-corrected chi connectivity index (χ1v) is 9.29. The Labute approximate surface area is 150 Å². The predicted molar refractivity (Wildman–Crippen MR) is 94.1 cm³/mol. The first-order valence-electron chi connectivity index (χ1n) is 7.43. The van der Waals surface area contributed by atoms with Gasteiger partial charge in [0.1, 0.15) is 11.2 Å².